The molecule has 1 aliphatic heterocycles. The molecule has 98 valence electrons. The van der Waals surface area contributed by atoms with Crippen LogP contribution in [0.3, 0.4) is 0 Å². The highest BCUT2D eigenvalue weighted by Crippen LogP contribution is 2.25. The van der Waals surface area contributed by atoms with Crippen LogP contribution in [0, 0.1) is 0 Å². The number of piperazine rings is 1. The Morgan fingerprint density at radius 3 is 2.78 bits per heavy atom. The standard InChI is InChI=1S/C13H19N3O2/c1-9(17)10-4-5-11(15-8-10)16-7-6-14-12(18)13(16,2)3/h4-5,8-9,17H,6-7H2,1-3H3,(H,14,18)/t9-/m0/s1. The van der Waals surface area contributed by atoms with Gasteiger partial charge in [-0.1, -0.05) is 6.07 Å². The van der Waals surface area contributed by atoms with E-state index in [1.165, 1.54) is 0 Å². The molecule has 0 radical (unpaired) electrons. The van der Waals surface area contributed by atoms with Crippen molar-refractivity contribution in [2.45, 2.75) is 32.4 Å². The predicted octanol–water partition coefficient (Wildman–Crippen LogP) is 0.850. The van der Waals surface area contributed by atoms with E-state index in [1.54, 1.807) is 13.1 Å². The van der Waals surface area contributed by atoms with Crippen LogP contribution in [-0.2, 0) is 4.79 Å². The van der Waals surface area contributed by atoms with Crippen LogP contribution in [0.15, 0.2) is 18.3 Å². The number of aromatic nitrogens is 1. The van der Waals surface area contributed by atoms with Crippen molar-refractivity contribution in [1.82, 2.24) is 10.3 Å². The van der Waals surface area contributed by atoms with Crippen LogP contribution in [0.5, 0.6) is 0 Å². The summed E-state index contributed by atoms with van der Waals surface area (Å²) in [7, 11) is 0. The second-order valence-corrected chi connectivity index (χ2v) is 5.09. The van der Waals surface area contributed by atoms with Gasteiger partial charge in [-0.05, 0) is 32.4 Å². The van der Waals surface area contributed by atoms with E-state index in [1.807, 2.05) is 30.9 Å². The molecule has 0 aromatic carbocycles. The molecular weight excluding hydrogens is 230 g/mol. The number of carbonyl (C=O) groups is 1. The molecule has 1 saturated heterocycles. The number of amides is 1. The van der Waals surface area contributed by atoms with Crippen molar-refractivity contribution >= 4 is 11.7 Å². The molecule has 1 amide bonds. The normalized spacial score (nSPS) is 20.4. The van der Waals surface area contributed by atoms with Crippen LogP contribution in [0.25, 0.3) is 0 Å². The van der Waals surface area contributed by atoms with E-state index < -0.39 is 11.6 Å². The average Bonchev–Trinajstić information content (AvgIpc) is 2.33. The Balaban J connectivity index is 2.27. The molecule has 2 N–H and O–H groups in total. The highest BCUT2D eigenvalue weighted by molar-refractivity contribution is 5.90. The van der Waals surface area contributed by atoms with Gasteiger partial charge in [0.15, 0.2) is 0 Å². The summed E-state index contributed by atoms with van der Waals surface area (Å²) in [5.74, 6) is 0.773. The number of aliphatic hydroxyl groups is 1. The fraction of sp³-hybridized carbons (Fsp3) is 0.538. The maximum absolute atomic E-state index is 11.9. The van der Waals surface area contributed by atoms with Crippen molar-refractivity contribution in [3.8, 4) is 0 Å². The van der Waals surface area contributed by atoms with Gasteiger partial charge in [-0.15, -0.1) is 0 Å². The third-order valence-corrected chi connectivity index (χ3v) is 3.38. The van der Waals surface area contributed by atoms with E-state index in [4.69, 9.17) is 0 Å². The van der Waals surface area contributed by atoms with E-state index >= 15 is 0 Å². The van der Waals surface area contributed by atoms with Gasteiger partial charge in [-0.2, -0.15) is 0 Å². The predicted molar refractivity (Wildman–Crippen MR) is 69.3 cm³/mol. The van der Waals surface area contributed by atoms with Crippen molar-refractivity contribution in [3.05, 3.63) is 23.9 Å². The first-order chi connectivity index (χ1) is 8.43. The molecule has 1 aromatic heterocycles. The van der Waals surface area contributed by atoms with Gasteiger partial charge in [-0.25, -0.2) is 4.98 Å². The second-order valence-electron chi connectivity index (χ2n) is 5.09. The lowest BCUT2D eigenvalue weighted by Crippen LogP contribution is -2.62. The zero-order valence-corrected chi connectivity index (χ0v) is 11.0. The molecule has 18 heavy (non-hydrogen) atoms. The first-order valence-electron chi connectivity index (χ1n) is 6.13. The summed E-state index contributed by atoms with van der Waals surface area (Å²) in [6.07, 6.45) is 1.13. The Hall–Kier alpha value is -1.62. The van der Waals surface area contributed by atoms with E-state index in [2.05, 4.69) is 10.3 Å². The topological polar surface area (TPSA) is 65.5 Å². The van der Waals surface area contributed by atoms with Crippen LogP contribution in [0.1, 0.15) is 32.4 Å². The number of hydrogen-bond acceptors (Lipinski definition) is 4. The zero-order valence-electron chi connectivity index (χ0n) is 11.0. The summed E-state index contributed by atoms with van der Waals surface area (Å²) in [6, 6.07) is 3.69. The Morgan fingerprint density at radius 2 is 2.22 bits per heavy atom. The number of aliphatic hydroxyl groups excluding tert-OH is 1. The molecule has 0 aliphatic carbocycles. The van der Waals surface area contributed by atoms with Crippen LogP contribution in [0.2, 0.25) is 0 Å². The van der Waals surface area contributed by atoms with Crippen molar-refractivity contribution in [1.29, 1.82) is 0 Å². The maximum Gasteiger partial charge on any atom is 0.245 e. The molecule has 1 aromatic rings. The molecule has 2 rings (SSSR count). The van der Waals surface area contributed by atoms with Gasteiger partial charge in [0.05, 0.1) is 6.10 Å². The number of pyridine rings is 1. The lowest BCUT2D eigenvalue weighted by atomic mass is 9.99. The third kappa shape index (κ3) is 2.18. The summed E-state index contributed by atoms with van der Waals surface area (Å²) in [6.45, 7) is 6.83. The number of rotatable bonds is 2. The van der Waals surface area contributed by atoms with Gasteiger partial charge in [0.25, 0.3) is 0 Å². The number of hydrogen-bond donors (Lipinski definition) is 2. The minimum atomic E-state index is -0.600. The highest BCUT2D eigenvalue weighted by Gasteiger charge is 2.38. The van der Waals surface area contributed by atoms with Crippen molar-refractivity contribution < 1.29 is 9.90 Å². The quantitative estimate of drug-likeness (QED) is 0.815. The van der Waals surface area contributed by atoms with E-state index in [0.717, 1.165) is 17.9 Å². The lowest BCUT2D eigenvalue weighted by molar-refractivity contribution is -0.126. The van der Waals surface area contributed by atoms with Gasteiger partial charge >= 0.3 is 0 Å². The zero-order chi connectivity index (χ0) is 13.3. The second kappa shape index (κ2) is 4.57. The Kier molecular flexibility index (Phi) is 3.26. The molecule has 5 heteroatoms. The number of anilines is 1. The molecular formula is C13H19N3O2. The van der Waals surface area contributed by atoms with E-state index in [-0.39, 0.29) is 5.91 Å². The Morgan fingerprint density at radius 1 is 1.50 bits per heavy atom. The first-order valence-corrected chi connectivity index (χ1v) is 6.13. The van der Waals surface area contributed by atoms with Gasteiger partial charge in [0, 0.05) is 19.3 Å². The number of nitrogens with one attached hydrogen (secondary N) is 1. The lowest BCUT2D eigenvalue weighted by Gasteiger charge is -2.42. The summed E-state index contributed by atoms with van der Waals surface area (Å²) in [5.41, 5.74) is 0.176. The van der Waals surface area contributed by atoms with Crippen LogP contribution in [-0.4, -0.2) is 34.6 Å². The Labute approximate surface area is 107 Å². The summed E-state index contributed by atoms with van der Waals surface area (Å²) in [4.78, 5) is 18.2. The largest absolute Gasteiger partial charge is 0.389 e. The minimum Gasteiger partial charge on any atom is -0.389 e. The van der Waals surface area contributed by atoms with Crippen molar-refractivity contribution in [3.63, 3.8) is 0 Å². The minimum absolute atomic E-state index is 0.00940. The third-order valence-electron chi connectivity index (χ3n) is 3.38. The average molecular weight is 249 g/mol. The van der Waals surface area contributed by atoms with Gasteiger partial charge < -0.3 is 15.3 Å². The van der Waals surface area contributed by atoms with Crippen molar-refractivity contribution in [2.75, 3.05) is 18.0 Å². The Bertz CT molecular complexity index is 440. The van der Waals surface area contributed by atoms with Crippen LogP contribution >= 0.6 is 0 Å². The first kappa shape index (κ1) is 12.8. The van der Waals surface area contributed by atoms with Gasteiger partial charge in [0.1, 0.15) is 11.4 Å². The summed E-state index contributed by atoms with van der Waals surface area (Å²) < 4.78 is 0. The van der Waals surface area contributed by atoms with Crippen LogP contribution in [0.4, 0.5) is 5.82 Å². The highest BCUT2D eigenvalue weighted by atomic mass is 16.3. The van der Waals surface area contributed by atoms with E-state index in [0.29, 0.717) is 6.54 Å². The molecule has 1 fully saturated rings. The molecule has 2 heterocycles. The monoisotopic (exact) mass is 249 g/mol. The van der Waals surface area contributed by atoms with Gasteiger partial charge in [-0.3, -0.25) is 4.79 Å². The molecule has 0 spiro atoms. The smallest absolute Gasteiger partial charge is 0.245 e. The molecule has 1 aliphatic rings. The molecule has 1 atom stereocenters. The molecule has 0 unspecified atom stereocenters. The maximum atomic E-state index is 11.9. The van der Waals surface area contributed by atoms with Gasteiger partial charge in [0.2, 0.25) is 5.91 Å². The molecule has 0 bridgehead atoms. The van der Waals surface area contributed by atoms with E-state index in [9.17, 15) is 9.90 Å². The summed E-state index contributed by atoms with van der Waals surface area (Å²) in [5, 5.41) is 12.3. The number of carbonyl (C=O) groups excluding carboxylic acids is 1. The number of nitrogens with zero attached hydrogens (tertiary/aromatic N) is 2. The molecule has 5 nitrogen and oxygen atoms in total. The SMILES string of the molecule is C[C@H](O)c1ccc(N2CCNC(=O)C2(C)C)nc1. The van der Waals surface area contributed by atoms with Crippen molar-refractivity contribution in [2.24, 2.45) is 0 Å². The molecule has 0 saturated carbocycles. The summed E-state index contributed by atoms with van der Waals surface area (Å²) >= 11 is 0. The van der Waals surface area contributed by atoms with Crippen LogP contribution < -0.4 is 10.2 Å². The fourth-order valence-corrected chi connectivity index (χ4v) is 2.10. The fourth-order valence-electron chi connectivity index (χ4n) is 2.10.